The van der Waals surface area contributed by atoms with E-state index in [1.165, 1.54) is 30.9 Å². The second kappa shape index (κ2) is 7.64. The molecule has 7 heteroatoms. The number of hydrogen-bond donors (Lipinski definition) is 1. The van der Waals surface area contributed by atoms with Crippen molar-refractivity contribution < 1.29 is 12.8 Å². The van der Waals surface area contributed by atoms with Crippen molar-refractivity contribution in [1.82, 2.24) is 4.31 Å². The molecule has 0 bridgehead atoms. The summed E-state index contributed by atoms with van der Waals surface area (Å²) in [5, 5.41) is 0. The lowest BCUT2D eigenvalue weighted by molar-refractivity contribution is 0.480. The highest BCUT2D eigenvalue weighted by Gasteiger charge is 2.24. The first kappa shape index (κ1) is 17.0. The molecule has 0 amide bonds. The van der Waals surface area contributed by atoms with Crippen molar-refractivity contribution in [3.8, 4) is 11.8 Å². The first-order valence-electron chi connectivity index (χ1n) is 5.87. The molecule has 0 aliphatic carbocycles. The number of nitrogens with two attached hydrogens (primary N) is 1. The van der Waals surface area contributed by atoms with Crippen molar-refractivity contribution in [3.63, 3.8) is 0 Å². The normalized spacial score (nSPS) is 11.2. The van der Waals surface area contributed by atoms with Gasteiger partial charge in [0, 0.05) is 24.9 Å². The summed E-state index contributed by atoms with van der Waals surface area (Å²) in [7, 11) is -2.37. The van der Waals surface area contributed by atoms with Crippen LogP contribution in [-0.2, 0) is 10.0 Å². The van der Waals surface area contributed by atoms with Gasteiger partial charge in [0.1, 0.15) is 10.7 Å². The van der Waals surface area contributed by atoms with Gasteiger partial charge in [-0.15, -0.1) is 0 Å². The molecule has 0 aliphatic rings. The van der Waals surface area contributed by atoms with Crippen LogP contribution in [0.25, 0.3) is 0 Å². The maximum atomic E-state index is 13.9. The van der Waals surface area contributed by atoms with Gasteiger partial charge < -0.3 is 5.73 Å². The third kappa shape index (κ3) is 4.21. The highest BCUT2D eigenvalue weighted by atomic mass is 32.2. The van der Waals surface area contributed by atoms with Gasteiger partial charge in [-0.2, -0.15) is 11.8 Å². The minimum absolute atomic E-state index is 0.166. The number of hydrogen-bond acceptors (Lipinski definition) is 4. The number of thioether (sulfide) groups is 1. The zero-order valence-corrected chi connectivity index (χ0v) is 13.0. The van der Waals surface area contributed by atoms with Crippen LogP contribution < -0.4 is 5.73 Å². The highest BCUT2D eigenvalue weighted by Crippen LogP contribution is 2.19. The fourth-order valence-electron chi connectivity index (χ4n) is 1.45. The quantitative estimate of drug-likeness (QED) is 0.827. The Hall–Kier alpha value is -1.07. The Labute approximate surface area is 123 Å². The lowest BCUT2D eigenvalue weighted by Gasteiger charge is -2.17. The van der Waals surface area contributed by atoms with E-state index in [-0.39, 0.29) is 11.4 Å². The van der Waals surface area contributed by atoms with Gasteiger partial charge in [-0.3, -0.25) is 0 Å². The van der Waals surface area contributed by atoms with Crippen LogP contribution in [0.2, 0.25) is 0 Å². The number of halogens is 1. The molecule has 20 heavy (non-hydrogen) atoms. The monoisotopic (exact) mass is 316 g/mol. The Morgan fingerprint density at radius 2 is 2.15 bits per heavy atom. The van der Waals surface area contributed by atoms with Gasteiger partial charge in [0.25, 0.3) is 0 Å². The summed E-state index contributed by atoms with van der Waals surface area (Å²) >= 11 is 1.53. The van der Waals surface area contributed by atoms with Crippen LogP contribution in [0.4, 0.5) is 4.39 Å². The third-order valence-electron chi connectivity index (χ3n) is 2.57. The fraction of sp³-hybridized carbons (Fsp3) is 0.385. The Kier molecular flexibility index (Phi) is 6.49. The molecule has 1 aromatic rings. The Morgan fingerprint density at radius 3 is 2.70 bits per heavy atom. The molecule has 0 unspecified atom stereocenters. The smallest absolute Gasteiger partial charge is 0.245 e. The molecule has 0 aromatic heterocycles. The van der Waals surface area contributed by atoms with Crippen LogP contribution >= 0.6 is 11.8 Å². The van der Waals surface area contributed by atoms with E-state index in [0.29, 0.717) is 17.9 Å². The average Bonchev–Trinajstić information content (AvgIpc) is 2.42. The van der Waals surface area contributed by atoms with Crippen LogP contribution in [0.15, 0.2) is 23.1 Å². The largest absolute Gasteiger partial charge is 0.320 e. The summed E-state index contributed by atoms with van der Waals surface area (Å²) in [6.45, 7) is 0.497. The molecule has 0 atom stereocenters. The molecule has 2 N–H and O–H groups in total. The number of benzene rings is 1. The van der Waals surface area contributed by atoms with Crippen LogP contribution in [0.5, 0.6) is 0 Å². The predicted molar refractivity (Wildman–Crippen MR) is 80.5 cm³/mol. The van der Waals surface area contributed by atoms with E-state index in [1.54, 1.807) is 0 Å². The van der Waals surface area contributed by atoms with E-state index in [1.807, 2.05) is 6.26 Å². The van der Waals surface area contributed by atoms with E-state index in [0.717, 1.165) is 10.4 Å². The number of sulfonamides is 1. The summed E-state index contributed by atoms with van der Waals surface area (Å²) in [6, 6.07) is 3.82. The minimum Gasteiger partial charge on any atom is -0.320 e. The molecule has 0 saturated carbocycles. The van der Waals surface area contributed by atoms with Gasteiger partial charge >= 0.3 is 0 Å². The zero-order chi connectivity index (χ0) is 15.2. The molecule has 0 aliphatic heterocycles. The fourth-order valence-corrected chi connectivity index (χ4v) is 3.23. The number of rotatable bonds is 5. The topological polar surface area (TPSA) is 63.4 Å². The second-order valence-electron chi connectivity index (χ2n) is 3.97. The first-order valence-corrected chi connectivity index (χ1v) is 8.70. The molecule has 1 rings (SSSR count). The summed E-state index contributed by atoms with van der Waals surface area (Å²) in [4.78, 5) is -0.334. The van der Waals surface area contributed by atoms with Gasteiger partial charge in [-0.25, -0.2) is 17.1 Å². The molecule has 0 heterocycles. The Bertz CT molecular complexity index is 621. The summed E-state index contributed by atoms with van der Waals surface area (Å²) < 4.78 is 39.5. The Balaban J connectivity index is 3.07. The molecule has 110 valence electrons. The molecule has 0 fully saturated rings. The molecule has 0 spiro atoms. The maximum absolute atomic E-state index is 13.9. The van der Waals surface area contributed by atoms with Crippen molar-refractivity contribution >= 4 is 21.8 Å². The number of nitrogens with zero attached hydrogens (tertiary/aromatic N) is 1. The lowest BCUT2D eigenvalue weighted by Crippen LogP contribution is -2.29. The maximum Gasteiger partial charge on any atom is 0.245 e. The predicted octanol–water partition coefficient (Wildman–Crippen LogP) is 1.12. The van der Waals surface area contributed by atoms with E-state index in [4.69, 9.17) is 5.73 Å². The van der Waals surface area contributed by atoms with Gasteiger partial charge in [0.2, 0.25) is 10.0 Å². The van der Waals surface area contributed by atoms with Crippen LogP contribution in [-0.4, -0.2) is 44.9 Å². The zero-order valence-electron chi connectivity index (χ0n) is 11.4. The molecule has 1 aromatic carbocycles. The summed E-state index contributed by atoms with van der Waals surface area (Å²) in [5.41, 5.74) is 5.63. The molecular formula is C13H17FN2O2S2. The summed E-state index contributed by atoms with van der Waals surface area (Å²) in [5.74, 6) is 5.10. The van der Waals surface area contributed by atoms with Crippen LogP contribution in [0.3, 0.4) is 0 Å². The van der Waals surface area contributed by atoms with Crippen molar-refractivity contribution in [2.75, 3.05) is 32.1 Å². The highest BCUT2D eigenvalue weighted by molar-refractivity contribution is 7.98. The van der Waals surface area contributed by atoms with E-state index < -0.39 is 15.8 Å². The second-order valence-corrected chi connectivity index (χ2v) is 6.97. The SMILES string of the molecule is CSCCN(C)S(=O)(=O)c1ccc(C#CCN)cc1F. The molecule has 0 radical (unpaired) electrons. The van der Waals surface area contributed by atoms with Crippen molar-refractivity contribution in [3.05, 3.63) is 29.6 Å². The molecular weight excluding hydrogens is 299 g/mol. The standard InChI is InChI=1S/C13H17FN2O2S2/c1-16(8-9-19-2)20(17,18)13-6-5-11(4-3-7-15)10-12(13)14/h5-6,10H,7-9,15H2,1-2H3. The van der Waals surface area contributed by atoms with Gasteiger partial charge in [-0.05, 0) is 24.5 Å². The van der Waals surface area contributed by atoms with Crippen molar-refractivity contribution in [2.24, 2.45) is 5.73 Å². The van der Waals surface area contributed by atoms with Crippen molar-refractivity contribution in [1.29, 1.82) is 0 Å². The van der Waals surface area contributed by atoms with E-state index in [9.17, 15) is 12.8 Å². The van der Waals surface area contributed by atoms with Gasteiger partial charge in [0.05, 0.1) is 6.54 Å². The molecule has 0 saturated heterocycles. The van der Waals surface area contributed by atoms with Gasteiger partial charge in [0.15, 0.2) is 0 Å². The lowest BCUT2D eigenvalue weighted by atomic mass is 10.2. The third-order valence-corrected chi connectivity index (χ3v) is 5.05. The van der Waals surface area contributed by atoms with Crippen LogP contribution in [0.1, 0.15) is 5.56 Å². The minimum atomic E-state index is -3.81. The summed E-state index contributed by atoms with van der Waals surface area (Å²) in [6.07, 6.45) is 1.88. The van der Waals surface area contributed by atoms with Crippen LogP contribution in [0, 0.1) is 17.7 Å². The first-order chi connectivity index (χ1) is 9.43. The Morgan fingerprint density at radius 1 is 1.45 bits per heavy atom. The van der Waals surface area contributed by atoms with E-state index >= 15 is 0 Å². The van der Waals surface area contributed by atoms with Gasteiger partial charge in [-0.1, -0.05) is 11.8 Å². The average molecular weight is 316 g/mol. The molecule has 4 nitrogen and oxygen atoms in total. The van der Waals surface area contributed by atoms with E-state index in [2.05, 4.69) is 11.8 Å². The van der Waals surface area contributed by atoms with Crippen molar-refractivity contribution in [2.45, 2.75) is 4.90 Å².